The van der Waals surface area contributed by atoms with Crippen LogP contribution in [0.3, 0.4) is 0 Å². The standard InChI is InChI=1S/C13H15ClN2O3/c1-2-16(9-4-5-9)13(19)15-11-7-8(12(17)18)3-6-10(11)14/h3,6-7,9H,2,4-5H2,1H3,(H,15,19)(H,17,18). The highest BCUT2D eigenvalue weighted by Gasteiger charge is 2.31. The third-order valence-electron chi connectivity index (χ3n) is 3.04. The van der Waals surface area contributed by atoms with Gasteiger partial charge in [-0.1, -0.05) is 11.6 Å². The SMILES string of the molecule is CCN(C(=O)Nc1cc(C(=O)O)ccc1Cl)C1CC1. The number of nitrogens with zero attached hydrogens (tertiary/aromatic N) is 1. The summed E-state index contributed by atoms with van der Waals surface area (Å²) in [7, 11) is 0. The van der Waals surface area contributed by atoms with Gasteiger partial charge in [-0.15, -0.1) is 0 Å². The first-order chi connectivity index (χ1) is 9.02. The largest absolute Gasteiger partial charge is 0.478 e. The fraction of sp³-hybridized carbons (Fsp3) is 0.385. The number of hydrogen-bond acceptors (Lipinski definition) is 2. The molecule has 1 fully saturated rings. The molecule has 0 saturated heterocycles. The highest BCUT2D eigenvalue weighted by atomic mass is 35.5. The van der Waals surface area contributed by atoms with Crippen LogP contribution in [0.2, 0.25) is 5.02 Å². The van der Waals surface area contributed by atoms with E-state index in [-0.39, 0.29) is 11.6 Å². The zero-order valence-electron chi connectivity index (χ0n) is 10.5. The fourth-order valence-electron chi connectivity index (χ4n) is 1.89. The Kier molecular flexibility index (Phi) is 3.95. The second kappa shape index (κ2) is 5.48. The van der Waals surface area contributed by atoms with Crippen LogP contribution in [0.15, 0.2) is 18.2 Å². The number of benzene rings is 1. The van der Waals surface area contributed by atoms with E-state index in [2.05, 4.69) is 5.32 Å². The lowest BCUT2D eigenvalue weighted by Gasteiger charge is -2.21. The number of carbonyl (C=O) groups is 2. The number of aromatic carboxylic acids is 1. The number of rotatable bonds is 4. The topological polar surface area (TPSA) is 69.6 Å². The van der Waals surface area contributed by atoms with Crippen molar-refractivity contribution in [1.29, 1.82) is 0 Å². The molecule has 1 aliphatic carbocycles. The van der Waals surface area contributed by atoms with E-state index < -0.39 is 5.97 Å². The van der Waals surface area contributed by atoms with E-state index in [4.69, 9.17) is 16.7 Å². The molecule has 19 heavy (non-hydrogen) atoms. The summed E-state index contributed by atoms with van der Waals surface area (Å²) in [6.07, 6.45) is 2.04. The molecule has 2 amide bonds. The molecule has 5 nitrogen and oxygen atoms in total. The summed E-state index contributed by atoms with van der Waals surface area (Å²) in [6.45, 7) is 2.53. The molecule has 2 N–H and O–H groups in total. The summed E-state index contributed by atoms with van der Waals surface area (Å²) >= 11 is 5.96. The number of urea groups is 1. The van der Waals surface area contributed by atoms with Crippen LogP contribution in [-0.4, -0.2) is 34.6 Å². The van der Waals surface area contributed by atoms with Crippen LogP contribution in [0.25, 0.3) is 0 Å². The molecule has 1 aliphatic rings. The van der Waals surface area contributed by atoms with Crippen LogP contribution in [0, 0.1) is 0 Å². The van der Waals surface area contributed by atoms with E-state index in [1.54, 1.807) is 4.90 Å². The highest BCUT2D eigenvalue weighted by molar-refractivity contribution is 6.33. The van der Waals surface area contributed by atoms with Crippen molar-refractivity contribution in [2.75, 3.05) is 11.9 Å². The summed E-state index contributed by atoms with van der Waals surface area (Å²) in [5, 5.41) is 11.9. The molecule has 0 aromatic heterocycles. The minimum absolute atomic E-state index is 0.0918. The maximum Gasteiger partial charge on any atom is 0.335 e. The normalized spacial score (nSPS) is 14.0. The minimum Gasteiger partial charge on any atom is -0.478 e. The van der Waals surface area contributed by atoms with E-state index in [1.165, 1.54) is 18.2 Å². The number of anilines is 1. The smallest absolute Gasteiger partial charge is 0.335 e. The predicted octanol–water partition coefficient (Wildman–Crippen LogP) is 3.05. The molecule has 6 heteroatoms. The molecule has 2 rings (SSSR count). The molecule has 0 atom stereocenters. The Morgan fingerprint density at radius 1 is 1.47 bits per heavy atom. The summed E-state index contributed by atoms with van der Waals surface area (Å²) in [4.78, 5) is 24.7. The average molecular weight is 283 g/mol. The Labute approximate surface area is 116 Å². The average Bonchev–Trinajstić information content (AvgIpc) is 3.17. The molecule has 0 spiro atoms. The van der Waals surface area contributed by atoms with Crippen LogP contribution in [0.1, 0.15) is 30.1 Å². The van der Waals surface area contributed by atoms with E-state index >= 15 is 0 Å². The number of halogens is 1. The van der Waals surface area contributed by atoms with Crippen molar-refractivity contribution in [3.8, 4) is 0 Å². The van der Waals surface area contributed by atoms with Gasteiger partial charge >= 0.3 is 12.0 Å². The van der Waals surface area contributed by atoms with Gasteiger partial charge < -0.3 is 15.3 Å². The van der Waals surface area contributed by atoms with Crippen molar-refractivity contribution in [3.05, 3.63) is 28.8 Å². The molecule has 1 aromatic carbocycles. The molecule has 0 aliphatic heterocycles. The van der Waals surface area contributed by atoms with Crippen LogP contribution in [-0.2, 0) is 0 Å². The first kappa shape index (κ1) is 13.7. The third kappa shape index (κ3) is 3.17. The Morgan fingerprint density at radius 3 is 2.68 bits per heavy atom. The predicted molar refractivity (Wildman–Crippen MR) is 72.8 cm³/mol. The van der Waals surface area contributed by atoms with Gasteiger partial charge in [-0.25, -0.2) is 9.59 Å². The van der Waals surface area contributed by atoms with Crippen molar-refractivity contribution in [2.24, 2.45) is 0 Å². The molecule has 1 saturated carbocycles. The lowest BCUT2D eigenvalue weighted by atomic mass is 10.2. The van der Waals surface area contributed by atoms with Crippen molar-refractivity contribution in [3.63, 3.8) is 0 Å². The number of carboxylic acids is 1. The third-order valence-corrected chi connectivity index (χ3v) is 3.37. The van der Waals surface area contributed by atoms with Gasteiger partial charge in [-0.05, 0) is 38.0 Å². The molecule has 0 bridgehead atoms. The zero-order chi connectivity index (χ0) is 14.0. The van der Waals surface area contributed by atoms with Gasteiger partial charge in [0, 0.05) is 12.6 Å². The molecule has 0 unspecified atom stereocenters. The van der Waals surface area contributed by atoms with Crippen molar-refractivity contribution in [2.45, 2.75) is 25.8 Å². The Bertz CT molecular complexity index is 515. The zero-order valence-corrected chi connectivity index (χ0v) is 11.3. The number of carbonyl (C=O) groups excluding carboxylic acids is 1. The maximum atomic E-state index is 12.1. The Hall–Kier alpha value is -1.75. The first-order valence-electron chi connectivity index (χ1n) is 6.13. The van der Waals surface area contributed by atoms with Crippen LogP contribution < -0.4 is 5.32 Å². The Morgan fingerprint density at radius 2 is 2.16 bits per heavy atom. The molecular formula is C13H15ClN2O3. The molecule has 0 heterocycles. The van der Waals surface area contributed by atoms with Gasteiger partial charge in [-0.2, -0.15) is 0 Å². The highest BCUT2D eigenvalue weighted by Crippen LogP contribution is 2.28. The van der Waals surface area contributed by atoms with E-state index in [9.17, 15) is 9.59 Å². The van der Waals surface area contributed by atoms with Crippen molar-refractivity contribution < 1.29 is 14.7 Å². The van der Waals surface area contributed by atoms with E-state index in [1.807, 2.05) is 6.92 Å². The molecular weight excluding hydrogens is 268 g/mol. The lowest BCUT2D eigenvalue weighted by molar-refractivity contribution is 0.0697. The summed E-state index contributed by atoms with van der Waals surface area (Å²) in [5.41, 5.74) is 0.417. The van der Waals surface area contributed by atoms with Gasteiger partial charge in [0.15, 0.2) is 0 Å². The van der Waals surface area contributed by atoms with E-state index in [0.717, 1.165) is 12.8 Å². The van der Waals surface area contributed by atoms with Gasteiger partial charge in [0.2, 0.25) is 0 Å². The summed E-state index contributed by atoms with van der Waals surface area (Å²) in [5.74, 6) is -1.05. The molecule has 1 aromatic rings. The number of amides is 2. The van der Waals surface area contributed by atoms with Crippen molar-refractivity contribution in [1.82, 2.24) is 4.90 Å². The van der Waals surface area contributed by atoms with Gasteiger partial charge in [0.1, 0.15) is 0 Å². The van der Waals surface area contributed by atoms with Crippen LogP contribution in [0.5, 0.6) is 0 Å². The number of carboxylic acid groups (broad SMARTS) is 1. The monoisotopic (exact) mass is 282 g/mol. The minimum atomic E-state index is -1.05. The fourth-order valence-corrected chi connectivity index (χ4v) is 2.06. The number of nitrogens with one attached hydrogen (secondary N) is 1. The second-order valence-electron chi connectivity index (χ2n) is 4.45. The first-order valence-corrected chi connectivity index (χ1v) is 6.51. The molecule has 0 radical (unpaired) electrons. The quantitative estimate of drug-likeness (QED) is 0.892. The van der Waals surface area contributed by atoms with Crippen LogP contribution in [0.4, 0.5) is 10.5 Å². The van der Waals surface area contributed by atoms with E-state index in [0.29, 0.717) is 23.3 Å². The molecule has 102 valence electrons. The van der Waals surface area contributed by atoms with Gasteiger partial charge in [-0.3, -0.25) is 0 Å². The van der Waals surface area contributed by atoms with Gasteiger partial charge in [0.25, 0.3) is 0 Å². The maximum absolute atomic E-state index is 12.1. The second-order valence-corrected chi connectivity index (χ2v) is 4.85. The lowest BCUT2D eigenvalue weighted by Crippen LogP contribution is -2.36. The number of hydrogen-bond donors (Lipinski definition) is 2. The summed E-state index contributed by atoms with van der Waals surface area (Å²) < 4.78 is 0. The van der Waals surface area contributed by atoms with Crippen molar-refractivity contribution >= 4 is 29.3 Å². The Balaban J connectivity index is 2.15. The van der Waals surface area contributed by atoms with Crippen LogP contribution >= 0.6 is 11.6 Å². The van der Waals surface area contributed by atoms with Gasteiger partial charge in [0.05, 0.1) is 16.3 Å². The summed E-state index contributed by atoms with van der Waals surface area (Å²) in [6, 6.07) is 4.29.